The number of amides is 3. The first kappa shape index (κ1) is 21.8. The number of carbonyl (C=O) groups excluding carboxylic acids is 2. The summed E-state index contributed by atoms with van der Waals surface area (Å²) in [5.41, 5.74) is 3.65. The lowest BCUT2D eigenvalue weighted by Gasteiger charge is -2.46. The number of nitrogens with zero attached hydrogens (tertiary/aromatic N) is 2. The highest BCUT2D eigenvalue weighted by Gasteiger charge is 2.40. The number of fused-ring (bicyclic) bond motifs is 2. The molecule has 1 unspecified atom stereocenters. The van der Waals surface area contributed by atoms with Gasteiger partial charge in [-0.3, -0.25) is 0 Å². The molecule has 3 atom stereocenters. The first-order valence-corrected chi connectivity index (χ1v) is 11.6. The van der Waals surface area contributed by atoms with E-state index in [1.165, 1.54) is 16.5 Å². The van der Waals surface area contributed by atoms with Crippen molar-refractivity contribution < 1.29 is 13.8 Å². The SMILES string of the molecule is CCN(CC)C(=O)N[C@H]1CC2c3cc(SOC(=O)NC)cc4[nH]cc(c34)C[C@H]2N(C)C1. The van der Waals surface area contributed by atoms with E-state index in [0.717, 1.165) is 41.8 Å². The van der Waals surface area contributed by atoms with Crippen molar-refractivity contribution >= 4 is 35.1 Å². The van der Waals surface area contributed by atoms with Gasteiger partial charge in [0.15, 0.2) is 0 Å². The zero-order valence-corrected chi connectivity index (χ0v) is 19.3. The molecule has 0 spiro atoms. The molecule has 0 bridgehead atoms. The summed E-state index contributed by atoms with van der Waals surface area (Å²) in [4.78, 5) is 32.7. The van der Waals surface area contributed by atoms with Crippen LogP contribution in [-0.4, -0.2) is 72.7 Å². The van der Waals surface area contributed by atoms with E-state index >= 15 is 0 Å². The van der Waals surface area contributed by atoms with Crippen molar-refractivity contribution in [3.05, 3.63) is 29.5 Å². The Morgan fingerprint density at radius 3 is 2.81 bits per heavy atom. The van der Waals surface area contributed by atoms with Gasteiger partial charge < -0.3 is 29.6 Å². The Kier molecular flexibility index (Phi) is 6.34. The molecule has 1 saturated heterocycles. The van der Waals surface area contributed by atoms with Crippen molar-refractivity contribution in [3.63, 3.8) is 0 Å². The minimum atomic E-state index is -0.472. The molecule has 3 N–H and O–H groups in total. The first-order chi connectivity index (χ1) is 14.9. The van der Waals surface area contributed by atoms with Gasteiger partial charge in [-0.1, -0.05) is 0 Å². The lowest BCUT2D eigenvalue weighted by molar-refractivity contribution is 0.124. The second kappa shape index (κ2) is 9.00. The summed E-state index contributed by atoms with van der Waals surface area (Å²) >= 11 is 1.07. The number of hydrogen-bond donors (Lipinski definition) is 3. The van der Waals surface area contributed by atoms with Gasteiger partial charge in [-0.05, 0) is 57.0 Å². The molecular weight excluding hydrogens is 414 g/mol. The Hall–Kier alpha value is -2.39. The molecule has 1 aliphatic carbocycles. The number of H-pyrrole nitrogens is 1. The van der Waals surface area contributed by atoms with E-state index in [9.17, 15) is 9.59 Å². The number of hydrogen-bond acceptors (Lipinski definition) is 5. The van der Waals surface area contributed by atoms with Crippen molar-refractivity contribution in [2.45, 2.75) is 49.6 Å². The number of carbonyl (C=O) groups is 2. The molecule has 9 heteroatoms. The minimum Gasteiger partial charge on any atom is -0.370 e. The molecule has 1 aromatic heterocycles. The largest absolute Gasteiger partial charge is 0.419 e. The van der Waals surface area contributed by atoms with Crippen LogP contribution in [0.4, 0.5) is 9.59 Å². The zero-order chi connectivity index (χ0) is 22.1. The van der Waals surface area contributed by atoms with Crippen LogP contribution in [0.2, 0.25) is 0 Å². The molecule has 3 amide bonds. The number of aromatic amines is 1. The van der Waals surface area contributed by atoms with E-state index in [2.05, 4.69) is 39.8 Å². The molecule has 2 aromatic rings. The maximum atomic E-state index is 12.7. The smallest absolute Gasteiger partial charge is 0.370 e. The summed E-state index contributed by atoms with van der Waals surface area (Å²) in [5, 5.41) is 6.99. The predicted molar refractivity (Wildman–Crippen MR) is 122 cm³/mol. The maximum Gasteiger partial charge on any atom is 0.419 e. The summed E-state index contributed by atoms with van der Waals surface area (Å²) < 4.78 is 5.21. The van der Waals surface area contributed by atoms with Crippen LogP contribution in [0.25, 0.3) is 10.9 Å². The van der Waals surface area contributed by atoms with Crippen molar-refractivity contribution in [3.8, 4) is 0 Å². The van der Waals surface area contributed by atoms with Crippen molar-refractivity contribution in [1.29, 1.82) is 0 Å². The highest BCUT2D eigenvalue weighted by Crippen LogP contribution is 2.44. The quantitative estimate of drug-likeness (QED) is 0.615. The molecule has 0 radical (unpaired) electrons. The topological polar surface area (TPSA) is 89.7 Å². The van der Waals surface area contributed by atoms with Crippen LogP contribution < -0.4 is 10.6 Å². The number of likely N-dealkylation sites (N-methyl/N-ethyl adjacent to an activating group) is 1. The molecule has 4 rings (SSSR count). The number of nitrogens with one attached hydrogen (secondary N) is 3. The van der Waals surface area contributed by atoms with Gasteiger partial charge >= 0.3 is 12.1 Å². The van der Waals surface area contributed by atoms with Gasteiger partial charge in [0.2, 0.25) is 0 Å². The van der Waals surface area contributed by atoms with Crippen molar-refractivity contribution in [1.82, 2.24) is 25.4 Å². The molecular formula is C22H31N5O3S. The van der Waals surface area contributed by atoms with Crippen LogP contribution in [0.15, 0.2) is 23.2 Å². The fourth-order valence-electron chi connectivity index (χ4n) is 5.04. The van der Waals surface area contributed by atoms with Crippen LogP contribution in [0.3, 0.4) is 0 Å². The zero-order valence-electron chi connectivity index (χ0n) is 18.5. The Bertz CT molecular complexity index is 973. The second-order valence-electron chi connectivity index (χ2n) is 8.33. The second-order valence-corrected chi connectivity index (χ2v) is 9.13. The fourth-order valence-corrected chi connectivity index (χ4v) is 5.64. The number of aromatic nitrogens is 1. The fraction of sp³-hybridized carbons (Fsp3) is 0.545. The van der Waals surface area contributed by atoms with Crippen molar-refractivity contribution in [2.24, 2.45) is 0 Å². The Morgan fingerprint density at radius 2 is 2.10 bits per heavy atom. The summed E-state index contributed by atoms with van der Waals surface area (Å²) in [6.45, 7) is 6.25. The molecule has 2 aliphatic rings. The van der Waals surface area contributed by atoms with Gasteiger partial charge in [-0.25, -0.2) is 9.59 Å². The van der Waals surface area contributed by atoms with E-state index in [1.54, 1.807) is 7.05 Å². The van der Waals surface area contributed by atoms with Crippen LogP contribution in [0.1, 0.15) is 37.3 Å². The van der Waals surface area contributed by atoms with Gasteiger partial charge in [0.25, 0.3) is 0 Å². The third-order valence-electron chi connectivity index (χ3n) is 6.57. The first-order valence-electron chi connectivity index (χ1n) is 10.9. The standard InChI is InChI=1S/C22H31N5O3S/c1-5-27(6-2)21(28)25-14-8-16-17-9-15(31-30-22(29)23-3)10-18-20(17)13(11-24-18)7-19(16)26(4)12-14/h9-11,14,16,19,24H,5-8,12H2,1-4H3,(H,23,29)(H,25,28)/t14-,16?,19+/m0/s1. The average Bonchev–Trinajstić information content (AvgIpc) is 3.17. The van der Waals surface area contributed by atoms with Gasteiger partial charge in [-0.15, -0.1) is 0 Å². The Labute approximate surface area is 187 Å². The Morgan fingerprint density at radius 1 is 1.32 bits per heavy atom. The third-order valence-corrected chi connectivity index (χ3v) is 7.23. The van der Waals surface area contributed by atoms with E-state index < -0.39 is 6.09 Å². The Balaban J connectivity index is 1.61. The summed E-state index contributed by atoms with van der Waals surface area (Å²) in [6.07, 6.45) is 3.51. The number of piperidine rings is 1. The molecule has 31 heavy (non-hydrogen) atoms. The summed E-state index contributed by atoms with van der Waals surface area (Å²) in [5.74, 6) is 0.298. The number of likely N-dealkylation sites (tertiary alicyclic amines) is 1. The third kappa shape index (κ3) is 4.21. The van der Waals surface area contributed by atoms with E-state index in [4.69, 9.17) is 4.18 Å². The average molecular weight is 446 g/mol. The molecule has 168 valence electrons. The number of rotatable bonds is 5. The summed E-state index contributed by atoms with van der Waals surface area (Å²) in [7, 11) is 3.69. The van der Waals surface area contributed by atoms with Crippen LogP contribution >= 0.6 is 12.0 Å². The highest BCUT2D eigenvalue weighted by atomic mass is 32.2. The highest BCUT2D eigenvalue weighted by molar-refractivity contribution is 7.95. The molecule has 2 heterocycles. The normalized spacial score (nSPS) is 22.6. The van der Waals surface area contributed by atoms with Crippen LogP contribution in [0, 0.1) is 0 Å². The monoisotopic (exact) mass is 445 g/mol. The number of benzene rings is 1. The van der Waals surface area contributed by atoms with E-state index in [0.29, 0.717) is 25.0 Å². The summed E-state index contributed by atoms with van der Waals surface area (Å²) in [6, 6.07) is 4.66. The van der Waals surface area contributed by atoms with E-state index in [1.807, 2.05) is 24.8 Å². The minimum absolute atomic E-state index is 0.00780. The molecule has 1 aliphatic heterocycles. The van der Waals surface area contributed by atoms with Crippen LogP contribution in [0.5, 0.6) is 0 Å². The molecule has 0 saturated carbocycles. The van der Waals surface area contributed by atoms with Gasteiger partial charge in [0.1, 0.15) is 0 Å². The molecule has 1 fully saturated rings. The van der Waals surface area contributed by atoms with Gasteiger partial charge in [0.05, 0.1) is 16.9 Å². The predicted octanol–water partition coefficient (Wildman–Crippen LogP) is 3.29. The van der Waals surface area contributed by atoms with E-state index in [-0.39, 0.29) is 12.1 Å². The molecule has 8 nitrogen and oxygen atoms in total. The lowest BCUT2D eigenvalue weighted by atomic mass is 9.74. The molecule has 1 aromatic carbocycles. The number of urea groups is 1. The van der Waals surface area contributed by atoms with Gasteiger partial charge in [0, 0.05) is 61.8 Å². The van der Waals surface area contributed by atoms with Crippen LogP contribution in [-0.2, 0) is 10.6 Å². The van der Waals surface area contributed by atoms with Crippen molar-refractivity contribution in [2.75, 3.05) is 33.7 Å². The lowest BCUT2D eigenvalue weighted by Crippen LogP contribution is -2.56. The van der Waals surface area contributed by atoms with Gasteiger partial charge in [-0.2, -0.15) is 0 Å². The maximum absolute atomic E-state index is 12.7.